The van der Waals surface area contributed by atoms with E-state index in [1.165, 1.54) is 19.3 Å². The lowest BCUT2D eigenvalue weighted by Gasteiger charge is -1.96. The monoisotopic (exact) mass is 231 g/mol. The van der Waals surface area contributed by atoms with Gasteiger partial charge in [-0.2, -0.15) is 0 Å². The van der Waals surface area contributed by atoms with Gasteiger partial charge in [-0.3, -0.25) is 10.8 Å². The number of nitrogens with one attached hydrogen (secondary N) is 2. The number of nitrogens with two attached hydrogens (primary N) is 1. The molecule has 1 aromatic carbocycles. The molecule has 0 aliphatic heterocycles. The molecule has 0 saturated carbocycles. The molecule has 0 aliphatic carbocycles. The van der Waals surface area contributed by atoms with Crippen molar-refractivity contribution in [3.05, 3.63) is 36.4 Å². The van der Waals surface area contributed by atoms with E-state index in [0.717, 1.165) is 0 Å². The molecular weight excluding hydrogens is 218 g/mol. The fourth-order valence-electron chi connectivity index (χ4n) is 0.942. The molecule has 88 valence electrons. The highest BCUT2D eigenvalue weighted by Crippen LogP contribution is 2.20. The first kappa shape index (κ1) is 12.6. The van der Waals surface area contributed by atoms with Gasteiger partial charge in [-0.1, -0.05) is 12.1 Å². The maximum absolute atomic E-state index is 7.44. The van der Waals surface area contributed by atoms with E-state index in [1.807, 2.05) is 0 Å². The summed E-state index contributed by atoms with van der Waals surface area (Å²) in [4.78, 5) is 0. The normalized spacial score (nSPS) is 10.9. The Morgan fingerprint density at radius 1 is 1.29 bits per heavy atom. The van der Waals surface area contributed by atoms with Crippen LogP contribution in [0, 0.1) is 10.8 Å². The Morgan fingerprint density at radius 2 is 2.00 bits per heavy atom. The van der Waals surface area contributed by atoms with Crippen molar-refractivity contribution in [2.75, 3.05) is 12.8 Å². The average molecular weight is 231 g/mol. The molecule has 6 nitrogen and oxygen atoms in total. The molecule has 0 aromatic heterocycles. The van der Waals surface area contributed by atoms with Crippen molar-refractivity contribution in [3.8, 4) is 0 Å². The summed E-state index contributed by atoms with van der Waals surface area (Å²) in [5, 5.41) is 22.1. The fraction of sp³-hybridized carbons (Fsp3) is 0.0909. The predicted octanol–water partition coefficient (Wildman–Crippen LogP) is 2.51. The highest BCUT2D eigenvalue weighted by atomic mass is 16.5. The molecule has 0 saturated heterocycles. The van der Waals surface area contributed by atoms with Gasteiger partial charge in [0.1, 0.15) is 5.69 Å². The topological polar surface area (TPSA) is 108 Å². The molecular formula is C11H13N5O. The van der Waals surface area contributed by atoms with Crippen LogP contribution >= 0.6 is 0 Å². The minimum absolute atomic E-state index is 0.0517. The quantitative estimate of drug-likeness (QED) is 0.321. The predicted molar refractivity (Wildman–Crippen MR) is 67.0 cm³/mol. The second kappa shape index (κ2) is 6.16. The van der Waals surface area contributed by atoms with Gasteiger partial charge in [-0.25, -0.2) is 0 Å². The molecule has 0 amide bonds. The molecule has 0 fully saturated rings. The lowest BCUT2D eigenvalue weighted by Crippen LogP contribution is -1.94. The van der Waals surface area contributed by atoms with Crippen molar-refractivity contribution in [3.63, 3.8) is 0 Å². The van der Waals surface area contributed by atoms with Crippen molar-refractivity contribution < 1.29 is 4.74 Å². The Bertz CT molecular complexity index is 479. The van der Waals surface area contributed by atoms with E-state index in [0.29, 0.717) is 11.4 Å². The number of rotatable bonds is 3. The Kier molecular flexibility index (Phi) is 4.56. The zero-order valence-electron chi connectivity index (χ0n) is 9.34. The van der Waals surface area contributed by atoms with Crippen molar-refractivity contribution in [1.29, 1.82) is 10.8 Å². The second-order valence-corrected chi connectivity index (χ2v) is 3.05. The molecule has 0 bridgehead atoms. The number of para-hydroxylation sites is 1. The van der Waals surface area contributed by atoms with Gasteiger partial charge in [0.25, 0.3) is 0 Å². The maximum Gasteiger partial charge on any atom is 0.205 e. The van der Waals surface area contributed by atoms with Crippen LogP contribution < -0.4 is 5.73 Å². The smallest absolute Gasteiger partial charge is 0.205 e. The van der Waals surface area contributed by atoms with Crippen LogP contribution in [0.4, 0.5) is 11.4 Å². The minimum Gasteiger partial charge on any atom is -0.481 e. The summed E-state index contributed by atoms with van der Waals surface area (Å²) in [7, 11) is 1.38. The van der Waals surface area contributed by atoms with Crippen molar-refractivity contribution >= 4 is 23.1 Å². The van der Waals surface area contributed by atoms with Crippen LogP contribution in [-0.2, 0) is 4.74 Å². The number of hydrogen-bond acceptors (Lipinski definition) is 5. The minimum atomic E-state index is -0.0879. The van der Waals surface area contributed by atoms with Crippen LogP contribution in [-0.4, -0.2) is 18.8 Å². The number of anilines is 1. The highest BCUT2D eigenvalue weighted by molar-refractivity contribution is 5.97. The number of amidine groups is 1. The lowest BCUT2D eigenvalue weighted by atomic mass is 10.3. The van der Waals surface area contributed by atoms with E-state index in [4.69, 9.17) is 16.6 Å². The molecule has 6 heteroatoms. The largest absolute Gasteiger partial charge is 0.481 e. The number of benzene rings is 1. The SMILES string of the molecule is COC(=N)/C=C\C(=N)N=Nc1ccccc1N. The van der Waals surface area contributed by atoms with Crippen LogP contribution in [0.3, 0.4) is 0 Å². The molecule has 1 rings (SSSR count). The Balaban J connectivity index is 2.66. The molecule has 0 heterocycles. The van der Waals surface area contributed by atoms with E-state index in [2.05, 4.69) is 15.0 Å². The van der Waals surface area contributed by atoms with Crippen molar-refractivity contribution in [2.24, 2.45) is 10.2 Å². The summed E-state index contributed by atoms with van der Waals surface area (Å²) >= 11 is 0. The van der Waals surface area contributed by atoms with Gasteiger partial charge < -0.3 is 10.5 Å². The van der Waals surface area contributed by atoms with Gasteiger partial charge in [-0.05, 0) is 18.2 Å². The number of ether oxygens (including phenoxy) is 1. The number of nitrogen functional groups attached to an aromatic ring is 1. The van der Waals surface area contributed by atoms with E-state index in [9.17, 15) is 0 Å². The average Bonchev–Trinajstić information content (AvgIpc) is 2.35. The van der Waals surface area contributed by atoms with Gasteiger partial charge in [0.15, 0.2) is 5.84 Å². The highest BCUT2D eigenvalue weighted by Gasteiger charge is 1.95. The van der Waals surface area contributed by atoms with Crippen molar-refractivity contribution in [1.82, 2.24) is 0 Å². The standard InChI is InChI=1S/C11H13N5O/c1-17-11(14)7-6-10(13)16-15-9-5-3-2-4-8(9)12/h2-7,13-14H,12H2,1H3/b7-6-,13-10?,14-11?,16-15?. The van der Waals surface area contributed by atoms with Gasteiger partial charge in [-0.15, -0.1) is 10.2 Å². The molecule has 0 atom stereocenters. The zero-order valence-corrected chi connectivity index (χ0v) is 9.34. The van der Waals surface area contributed by atoms with E-state index < -0.39 is 0 Å². The zero-order chi connectivity index (χ0) is 12.7. The first-order valence-electron chi connectivity index (χ1n) is 4.79. The van der Waals surface area contributed by atoms with Gasteiger partial charge in [0, 0.05) is 6.08 Å². The lowest BCUT2D eigenvalue weighted by molar-refractivity contribution is 0.403. The molecule has 17 heavy (non-hydrogen) atoms. The molecule has 1 aromatic rings. The summed E-state index contributed by atoms with van der Waals surface area (Å²) in [5.74, 6) is -0.140. The Morgan fingerprint density at radius 3 is 2.65 bits per heavy atom. The van der Waals surface area contributed by atoms with Gasteiger partial charge in [0.2, 0.25) is 5.90 Å². The summed E-state index contributed by atoms with van der Waals surface area (Å²) in [6.07, 6.45) is 2.63. The first-order valence-corrected chi connectivity index (χ1v) is 4.79. The van der Waals surface area contributed by atoms with Crippen LogP contribution in [0.1, 0.15) is 0 Å². The second-order valence-electron chi connectivity index (χ2n) is 3.05. The van der Waals surface area contributed by atoms with E-state index >= 15 is 0 Å². The number of hydrogen-bond donors (Lipinski definition) is 3. The van der Waals surface area contributed by atoms with Crippen LogP contribution in [0.25, 0.3) is 0 Å². The Hall–Kier alpha value is -2.50. The first-order chi connectivity index (χ1) is 8.13. The summed E-state index contributed by atoms with van der Waals surface area (Å²) in [5.41, 5.74) is 6.66. The van der Waals surface area contributed by atoms with Gasteiger partial charge >= 0.3 is 0 Å². The molecule has 0 spiro atoms. The maximum atomic E-state index is 7.44. The summed E-state index contributed by atoms with van der Waals surface area (Å²) < 4.78 is 4.59. The third kappa shape index (κ3) is 4.25. The van der Waals surface area contributed by atoms with Crippen LogP contribution in [0.5, 0.6) is 0 Å². The summed E-state index contributed by atoms with van der Waals surface area (Å²) in [6, 6.07) is 6.98. The number of methoxy groups -OCH3 is 1. The molecule has 4 N–H and O–H groups in total. The van der Waals surface area contributed by atoms with E-state index in [1.54, 1.807) is 24.3 Å². The van der Waals surface area contributed by atoms with Gasteiger partial charge in [0.05, 0.1) is 12.8 Å². The number of nitrogens with zero attached hydrogens (tertiary/aromatic N) is 2. The Labute approximate surface area is 98.8 Å². The van der Waals surface area contributed by atoms with Crippen molar-refractivity contribution in [2.45, 2.75) is 0 Å². The molecule has 0 aliphatic rings. The third-order valence-corrected chi connectivity index (χ3v) is 1.81. The fourth-order valence-corrected chi connectivity index (χ4v) is 0.942. The number of azo groups is 1. The van der Waals surface area contributed by atoms with Crippen LogP contribution in [0.15, 0.2) is 46.6 Å². The third-order valence-electron chi connectivity index (χ3n) is 1.81. The molecule has 0 radical (unpaired) electrons. The van der Waals surface area contributed by atoms with E-state index in [-0.39, 0.29) is 11.7 Å². The van der Waals surface area contributed by atoms with Crippen LogP contribution in [0.2, 0.25) is 0 Å². The molecule has 0 unspecified atom stereocenters. The summed E-state index contributed by atoms with van der Waals surface area (Å²) in [6.45, 7) is 0.